The maximum Gasteiger partial charge on any atom is 0.252 e. The van der Waals surface area contributed by atoms with Gasteiger partial charge in [-0.15, -0.1) is 0 Å². The van der Waals surface area contributed by atoms with E-state index in [1.807, 2.05) is 33.9 Å². The Balaban J connectivity index is 2.01. The van der Waals surface area contributed by atoms with Crippen molar-refractivity contribution in [2.24, 2.45) is 7.05 Å². The van der Waals surface area contributed by atoms with Crippen LogP contribution in [0.5, 0.6) is 0 Å². The molecule has 1 fully saturated rings. The van der Waals surface area contributed by atoms with Crippen LogP contribution < -0.4 is 10.6 Å². The molecule has 0 radical (unpaired) electrons. The number of hydrogen-bond acceptors (Lipinski definition) is 4. The molecular formula is C18H25N5O2. The summed E-state index contributed by atoms with van der Waals surface area (Å²) >= 11 is 0. The fourth-order valence-corrected chi connectivity index (χ4v) is 3.25. The molecule has 2 amide bonds. The number of aromatic nitrogens is 3. The predicted molar refractivity (Wildman–Crippen MR) is 95.4 cm³/mol. The standard InChI is InChI=1S/C18H25N5O2/c1-10(2)14-9-12(15-11(3)22-23(4)16(15)20-14)17(24)21-13-7-5-6-8-19-18(13)25/h9-10,13H,5-8H2,1-4H3,(H,19,25)(H,21,24)/t13-/m0/s1. The minimum Gasteiger partial charge on any atom is -0.354 e. The van der Waals surface area contributed by atoms with Crippen molar-refractivity contribution in [3.8, 4) is 0 Å². The van der Waals surface area contributed by atoms with Crippen molar-refractivity contribution in [1.29, 1.82) is 0 Å². The van der Waals surface area contributed by atoms with Crippen LogP contribution in [0.15, 0.2) is 6.07 Å². The molecule has 1 saturated heterocycles. The molecule has 0 aliphatic carbocycles. The Labute approximate surface area is 147 Å². The third-order valence-corrected chi connectivity index (χ3v) is 4.67. The first-order valence-corrected chi connectivity index (χ1v) is 8.81. The van der Waals surface area contributed by atoms with Gasteiger partial charge in [-0.2, -0.15) is 5.10 Å². The lowest BCUT2D eigenvalue weighted by molar-refractivity contribution is -0.122. The van der Waals surface area contributed by atoms with E-state index in [9.17, 15) is 9.59 Å². The van der Waals surface area contributed by atoms with E-state index < -0.39 is 6.04 Å². The first-order chi connectivity index (χ1) is 11.9. The molecule has 0 bridgehead atoms. The maximum atomic E-state index is 13.0. The van der Waals surface area contributed by atoms with Gasteiger partial charge in [0.2, 0.25) is 5.91 Å². The Morgan fingerprint density at radius 3 is 2.88 bits per heavy atom. The number of aryl methyl sites for hydroxylation is 2. The average Bonchev–Trinajstić information content (AvgIpc) is 2.72. The van der Waals surface area contributed by atoms with Crippen LogP contribution in [-0.2, 0) is 11.8 Å². The molecule has 2 aromatic rings. The molecule has 0 spiro atoms. The lowest BCUT2D eigenvalue weighted by atomic mass is 10.0. The molecule has 1 aliphatic rings. The second kappa shape index (κ2) is 6.82. The van der Waals surface area contributed by atoms with E-state index >= 15 is 0 Å². The van der Waals surface area contributed by atoms with E-state index in [1.165, 1.54) is 0 Å². The topological polar surface area (TPSA) is 88.9 Å². The van der Waals surface area contributed by atoms with E-state index in [4.69, 9.17) is 0 Å². The molecule has 7 heteroatoms. The Morgan fingerprint density at radius 1 is 1.40 bits per heavy atom. The highest BCUT2D eigenvalue weighted by atomic mass is 16.2. The monoisotopic (exact) mass is 343 g/mol. The molecule has 134 valence electrons. The fraction of sp³-hybridized carbons (Fsp3) is 0.556. The third kappa shape index (κ3) is 3.36. The van der Waals surface area contributed by atoms with E-state index in [-0.39, 0.29) is 17.7 Å². The summed E-state index contributed by atoms with van der Waals surface area (Å²) in [6.45, 7) is 6.62. The van der Waals surface area contributed by atoms with Crippen LogP contribution in [-0.4, -0.2) is 39.2 Å². The lowest BCUT2D eigenvalue weighted by Gasteiger charge is -2.16. The number of pyridine rings is 1. The van der Waals surface area contributed by atoms with E-state index in [2.05, 4.69) is 20.7 Å². The van der Waals surface area contributed by atoms with Crippen LogP contribution >= 0.6 is 0 Å². The molecule has 0 unspecified atom stereocenters. The van der Waals surface area contributed by atoms with Crippen molar-refractivity contribution in [2.45, 2.75) is 52.0 Å². The normalized spacial score (nSPS) is 18.3. The van der Waals surface area contributed by atoms with Gasteiger partial charge in [0.05, 0.1) is 16.6 Å². The first kappa shape index (κ1) is 17.4. The number of amides is 2. The molecular weight excluding hydrogens is 318 g/mol. The van der Waals surface area contributed by atoms with Gasteiger partial charge in [0, 0.05) is 19.3 Å². The summed E-state index contributed by atoms with van der Waals surface area (Å²) < 4.78 is 1.70. The second-order valence-electron chi connectivity index (χ2n) is 6.97. The zero-order valence-electron chi connectivity index (χ0n) is 15.2. The quantitative estimate of drug-likeness (QED) is 0.889. The van der Waals surface area contributed by atoms with Crippen molar-refractivity contribution < 1.29 is 9.59 Å². The average molecular weight is 343 g/mol. The maximum absolute atomic E-state index is 13.0. The molecule has 1 atom stereocenters. The minimum atomic E-state index is -0.488. The van der Waals surface area contributed by atoms with Gasteiger partial charge >= 0.3 is 0 Å². The van der Waals surface area contributed by atoms with Crippen LogP contribution in [0, 0.1) is 6.92 Å². The summed E-state index contributed by atoms with van der Waals surface area (Å²) in [5.41, 5.74) is 2.83. The van der Waals surface area contributed by atoms with Gasteiger partial charge < -0.3 is 10.6 Å². The Morgan fingerprint density at radius 2 is 2.16 bits per heavy atom. The van der Waals surface area contributed by atoms with E-state index in [0.717, 1.165) is 29.6 Å². The van der Waals surface area contributed by atoms with Gasteiger partial charge in [0.15, 0.2) is 5.65 Å². The van der Waals surface area contributed by atoms with E-state index in [0.29, 0.717) is 24.2 Å². The number of hydrogen-bond donors (Lipinski definition) is 2. The first-order valence-electron chi connectivity index (χ1n) is 8.81. The molecule has 0 saturated carbocycles. The number of carbonyl (C=O) groups excluding carboxylic acids is 2. The molecule has 25 heavy (non-hydrogen) atoms. The van der Waals surface area contributed by atoms with Gasteiger partial charge in [-0.3, -0.25) is 14.3 Å². The zero-order chi connectivity index (χ0) is 18.1. The van der Waals surface area contributed by atoms with Gasteiger partial charge in [0.1, 0.15) is 6.04 Å². The molecule has 3 rings (SSSR count). The smallest absolute Gasteiger partial charge is 0.252 e. The Kier molecular flexibility index (Phi) is 4.74. The van der Waals surface area contributed by atoms with Crippen molar-refractivity contribution >= 4 is 22.8 Å². The summed E-state index contributed by atoms with van der Waals surface area (Å²) in [6.07, 6.45) is 2.52. The van der Waals surface area contributed by atoms with Crippen molar-refractivity contribution in [3.05, 3.63) is 23.0 Å². The third-order valence-electron chi connectivity index (χ3n) is 4.67. The number of fused-ring (bicyclic) bond motifs is 1. The zero-order valence-corrected chi connectivity index (χ0v) is 15.2. The van der Waals surface area contributed by atoms with Crippen LogP contribution in [0.4, 0.5) is 0 Å². The second-order valence-corrected chi connectivity index (χ2v) is 6.97. The van der Waals surface area contributed by atoms with Crippen molar-refractivity contribution in [1.82, 2.24) is 25.4 Å². The van der Waals surface area contributed by atoms with Crippen molar-refractivity contribution in [3.63, 3.8) is 0 Å². The minimum absolute atomic E-state index is 0.108. The number of nitrogens with zero attached hydrogens (tertiary/aromatic N) is 3. The fourth-order valence-electron chi connectivity index (χ4n) is 3.25. The molecule has 1 aliphatic heterocycles. The highest BCUT2D eigenvalue weighted by Crippen LogP contribution is 2.25. The SMILES string of the molecule is Cc1nn(C)c2nc(C(C)C)cc(C(=O)N[C@H]3CCCCNC3=O)c12. The molecule has 7 nitrogen and oxygen atoms in total. The molecule has 2 N–H and O–H groups in total. The number of carbonyl (C=O) groups is 2. The van der Waals surface area contributed by atoms with Gasteiger partial charge in [-0.25, -0.2) is 4.98 Å². The van der Waals surface area contributed by atoms with Crippen LogP contribution in [0.2, 0.25) is 0 Å². The van der Waals surface area contributed by atoms with Gasteiger partial charge in [0.25, 0.3) is 5.91 Å². The summed E-state index contributed by atoms with van der Waals surface area (Å²) in [5.74, 6) is -0.164. The highest BCUT2D eigenvalue weighted by Gasteiger charge is 2.25. The number of nitrogens with one attached hydrogen (secondary N) is 2. The van der Waals surface area contributed by atoms with Gasteiger partial charge in [-0.05, 0) is 38.2 Å². The van der Waals surface area contributed by atoms with Crippen LogP contribution in [0.25, 0.3) is 11.0 Å². The van der Waals surface area contributed by atoms with Gasteiger partial charge in [-0.1, -0.05) is 13.8 Å². The van der Waals surface area contributed by atoms with Crippen LogP contribution in [0.3, 0.4) is 0 Å². The molecule has 0 aromatic carbocycles. The molecule has 3 heterocycles. The van der Waals surface area contributed by atoms with Crippen LogP contribution in [0.1, 0.15) is 60.8 Å². The summed E-state index contributed by atoms with van der Waals surface area (Å²) in [4.78, 5) is 29.8. The lowest BCUT2D eigenvalue weighted by Crippen LogP contribution is -2.45. The largest absolute Gasteiger partial charge is 0.354 e. The Hall–Kier alpha value is -2.44. The number of rotatable bonds is 3. The van der Waals surface area contributed by atoms with E-state index in [1.54, 1.807) is 4.68 Å². The summed E-state index contributed by atoms with van der Waals surface area (Å²) in [6, 6.07) is 1.34. The predicted octanol–water partition coefficient (Wildman–Crippen LogP) is 1.80. The summed E-state index contributed by atoms with van der Waals surface area (Å²) in [7, 11) is 1.83. The Bertz CT molecular complexity index is 824. The summed E-state index contributed by atoms with van der Waals surface area (Å²) in [5, 5.41) is 10.9. The highest BCUT2D eigenvalue weighted by molar-refractivity contribution is 6.07. The van der Waals surface area contributed by atoms with Crippen molar-refractivity contribution in [2.75, 3.05) is 6.54 Å². The molecule has 2 aromatic heterocycles.